The number of carbonyl (C=O) groups is 1. The number of halogens is 2. The van der Waals surface area contributed by atoms with Crippen molar-refractivity contribution in [3.8, 4) is 5.69 Å². The molecule has 2 heterocycles. The van der Waals surface area contributed by atoms with Crippen molar-refractivity contribution >= 4 is 56.5 Å². The normalized spacial score (nSPS) is 11.1. The van der Waals surface area contributed by atoms with Gasteiger partial charge in [0.15, 0.2) is 5.16 Å². The van der Waals surface area contributed by atoms with Crippen LogP contribution in [0.4, 0.5) is 10.1 Å². The summed E-state index contributed by atoms with van der Waals surface area (Å²) in [7, 11) is 0. The molecule has 0 saturated carbocycles. The number of nitrogens with zero attached hydrogens (tertiary/aromatic N) is 2. The van der Waals surface area contributed by atoms with Crippen molar-refractivity contribution in [2.24, 2.45) is 0 Å². The molecule has 0 aliphatic heterocycles. The quantitative estimate of drug-likeness (QED) is 0.303. The Kier molecular flexibility index (Phi) is 6.13. The molecule has 0 atom stereocenters. The number of aryl methyl sites for hydroxylation is 1. The number of rotatable bonds is 5. The Labute approximate surface area is 190 Å². The highest BCUT2D eigenvalue weighted by atomic mass is 35.5. The standard InChI is InChI=1S/C22H17ClFN3O2S2/c1-12-4-3-5-18(13(12)2)27-21(29)20-17(8-9-30-20)26-22(27)31-11-19(28)25-14-6-7-16(24)15(23)10-14/h3-10H,11H2,1-2H3,(H,25,28). The van der Waals surface area contributed by atoms with Crippen LogP contribution in [0.3, 0.4) is 0 Å². The van der Waals surface area contributed by atoms with E-state index in [1.807, 2.05) is 37.4 Å². The summed E-state index contributed by atoms with van der Waals surface area (Å²) in [5, 5.41) is 4.87. The number of hydrogen-bond acceptors (Lipinski definition) is 5. The van der Waals surface area contributed by atoms with Crippen molar-refractivity contribution in [1.82, 2.24) is 9.55 Å². The fraction of sp³-hybridized carbons (Fsp3) is 0.136. The highest BCUT2D eigenvalue weighted by molar-refractivity contribution is 7.99. The molecule has 0 saturated heterocycles. The number of anilines is 1. The molecule has 0 unspecified atom stereocenters. The highest BCUT2D eigenvalue weighted by Crippen LogP contribution is 2.26. The van der Waals surface area contributed by atoms with Gasteiger partial charge in [-0.15, -0.1) is 11.3 Å². The van der Waals surface area contributed by atoms with Crippen LogP contribution < -0.4 is 10.9 Å². The average Bonchev–Trinajstić information content (AvgIpc) is 3.21. The molecule has 5 nitrogen and oxygen atoms in total. The molecule has 0 aliphatic carbocycles. The molecule has 0 fully saturated rings. The van der Waals surface area contributed by atoms with Gasteiger partial charge >= 0.3 is 0 Å². The predicted molar refractivity (Wildman–Crippen MR) is 125 cm³/mol. The second-order valence-electron chi connectivity index (χ2n) is 6.85. The van der Waals surface area contributed by atoms with E-state index in [-0.39, 0.29) is 22.2 Å². The third kappa shape index (κ3) is 4.37. The maximum absolute atomic E-state index is 13.3. The van der Waals surface area contributed by atoms with E-state index in [2.05, 4.69) is 10.3 Å². The first-order chi connectivity index (χ1) is 14.8. The number of hydrogen-bond donors (Lipinski definition) is 1. The monoisotopic (exact) mass is 473 g/mol. The number of thioether (sulfide) groups is 1. The fourth-order valence-electron chi connectivity index (χ4n) is 3.08. The van der Waals surface area contributed by atoms with Gasteiger partial charge in [0.2, 0.25) is 5.91 Å². The number of nitrogens with one attached hydrogen (secondary N) is 1. The summed E-state index contributed by atoms with van der Waals surface area (Å²) >= 11 is 8.27. The van der Waals surface area contributed by atoms with Gasteiger partial charge in [-0.05, 0) is 60.7 Å². The molecule has 0 spiro atoms. The third-order valence-corrected chi connectivity index (χ3v) is 6.92. The highest BCUT2D eigenvalue weighted by Gasteiger charge is 2.17. The molecule has 0 radical (unpaired) electrons. The van der Waals surface area contributed by atoms with Crippen LogP contribution in [0.1, 0.15) is 11.1 Å². The van der Waals surface area contributed by atoms with Crippen LogP contribution in [-0.4, -0.2) is 21.2 Å². The summed E-state index contributed by atoms with van der Waals surface area (Å²) in [5.74, 6) is -0.859. The number of carbonyl (C=O) groups excluding carboxylic acids is 1. The summed E-state index contributed by atoms with van der Waals surface area (Å²) in [6, 6.07) is 11.5. The van der Waals surface area contributed by atoms with Crippen molar-refractivity contribution < 1.29 is 9.18 Å². The number of benzene rings is 2. The van der Waals surface area contributed by atoms with E-state index < -0.39 is 5.82 Å². The van der Waals surface area contributed by atoms with E-state index in [0.29, 0.717) is 21.1 Å². The molecule has 158 valence electrons. The maximum atomic E-state index is 13.3. The van der Waals surface area contributed by atoms with E-state index in [0.717, 1.165) is 28.6 Å². The van der Waals surface area contributed by atoms with Crippen molar-refractivity contribution in [3.05, 3.63) is 80.2 Å². The van der Waals surface area contributed by atoms with E-state index in [1.54, 1.807) is 10.6 Å². The Bertz CT molecular complexity index is 1370. The Balaban J connectivity index is 1.67. The lowest BCUT2D eigenvalue weighted by Crippen LogP contribution is -2.23. The number of amides is 1. The van der Waals surface area contributed by atoms with E-state index >= 15 is 0 Å². The molecule has 0 aliphatic rings. The average molecular weight is 474 g/mol. The summed E-state index contributed by atoms with van der Waals surface area (Å²) in [5.41, 5.74) is 3.59. The Morgan fingerprint density at radius 2 is 2.06 bits per heavy atom. The first kappa shape index (κ1) is 21.5. The van der Waals surface area contributed by atoms with Gasteiger partial charge < -0.3 is 5.32 Å². The Morgan fingerprint density at radius 3 is 2.84 bits per heavy atom. The zero-order valence-electron chi connectivity index (χ0n) is 16.6. The van der Waals surface area contributed by atoms with Gasteiger partial charge in [0, 0.05) is 5.69 Å². The lowest BCUT2D eigenvalue weighted by molar-refractivity contribution is -0.113. The molecule has 4 aromatic rings. The van der Waals surface area contributed by atoms with Gasteiger partial charge in [-0.25, -0.2) is 9.37 Å². The lowest BCUT2D eigenvalue weighted by atomic mass is 10.1. The first-order valence-corrected chi connectivity index (χ1v) is 11.5. The summed E-state index contributed by atoms with van der Waals surface area (Å²) in [6.45, 7) is 3.93. The van der Waals surface area contributed by atoms with Gasteiger partial charge in [0.05, 0.1) is 22.0 Å². The summed E-state index contributed by atoms with van der Waals surface area (Å²) < 4.78 is 15.5. The zero-order chi connectivity index (χ0) is 22.1. The van der Waals surface area contributed by atoms with Crippen molar-refractivity contribution in [1.29, 1.82) is 0 Å². The molecule has 0 bridgehead atoms. The minimum atomic E-state index is -0.556. The maximum Gasteiger partial charge on any atom is 0.276 e. The number of fused-ring (bicyclic) bond motifs is 1. The fourth-order valence-corrected chi connectivity index (χ4v) is 4.83. The van der Waals surface area contributed by atoms with E-state index in [1.165, 1.54) is 29.5 Å². The Hall–Kier alpha value is -2.68. The van der Waals surface area contributed by atoms with Gasteiger partial charge in [-0.2, -0.15) is 0 Å². The van der Waals surface area contributed by atoms with Crippen LogP contribution in [0.2, 0.25) is 5.02 Å². The molecule has 4 rings (SSSR count). The minimum absolute atomic E-state index is 0.0158. The molecule has 1 N–H and O–H groups in total. The van der Waals surface area contributed by atoms with Crippen LogP contribution in [0.25, 0.3) is 15.9 Å². The molecule has 2 aromatic heterocycles. The minimum Gasteiger partial charge on any atom is -0.325 e. The summed E-state index contributed by atoms with van der Waals surface area (Å²) in [4.78, 5) is 30.3. The second-order valence-corrected chi connectivity index (χ2v) is 9.12. The molecule has 2 aromatic carbocycles. The van der Waals surface area contributed by atoms with Gasteiger partial charge in [0.25, 0.3) is 5.56 Å². The number of thiophene rings is 1. The Morgan fingerprint density at radius 1 is 1.26 bits per heavy atom. The van der Waals surface area contributed by atoms with Crippen LogP contribution in [-0.2, 0) is 4.79 Å². The SMILES string of the molecule is Cc1cccc(-n2c(SCC(=O)Nc3ccc(F)c(Cl)c3)nc3ccsc3c2=O)c1C. The molecule has 9 heteroatoms. The molecule has 1 amide bonds. The van der Waals surface area contributed by atoms with Crippen LogP contribution >= 0.6 is 34.7 Å². The number of aromatic nitrogens is 2. The van der Waals surface area contributed by atoms with Crippen molar-refractivity contribution in [2.75, 3.05) is 11.1 Å². The van der Waals surface area contributed by atoms with E-state index in [9.17, 15) is 14.0 Å². The molecule has 31 heavy (non-hydrogen) atoms. The van der Waals surface area contributed by atoms with Crippen LogP contribution in [0.5, 0.6) is 0 Å². The van der Waals surface area contributed by atoms with Crippen molar-refractivity contribution in [2.45, 2.75) is 19.0 Å². The largest absolute Gasteiger partial charge is 0.325 e. The first-order valence-electron chi connectivity index (χ1n) is 9.29. The third-order valence-electron chi connectivity index (χ3n) is 4.80. The van der Waals surface area contributed by atoms with Crippen molar-refractivity contribution in [3.63, 3.8) is 0 Å². The van der Waals surface area contributed by atoms with Gasteiger partial charge in [-0.1, -0.05) is 35.5 Å². The zero-order valence-corrected chi connectivity index (χ0v) is 19.0. The van der Waals surface area contributed by atoms with E-state index in [4.69, 9.17) is 11.6 Å². The van der Waals surface area contributed by atoms with Gasteiger partial charge in [-0.3, -0.25) is 14.2 Å². The molecular formula is C22H17ClFN3O2S2. The van der Waals surface area contributed by atoms with Crippen LogP contribution in [0, 0.1) is 19.7 Å². The lowest BCUT2D eigenvalue weighted by Gasteiger charge is -2.15. The summed E-state index contributed by atoms with van der Waals surface area (Å²) in [6.07, 6.45) is 0. The molecular weight excluding hydrogens is 457 g/mol. The smallest absolute Gasteiger partial charge is 0.276 e. The second kappa shape index (κ2) is 8.82. The van der Waals surface area contributed by atoms with Gasteiger partial charge in [0.1, 0.15) is 10.5 Å². The van der Waals surface area contributed by atoms with Crippen LogP contribution in [0.15, 0.2) is 57.8 Å². The predicted octanol–water partition coefficient (Wildman–Crippen LogP) is 5.59. The topological polar surface area (TPSA) is 64.0 Å².